The molecule has 0 saturated carbocycles. The molecule has 0 bridgehead atoms. The van der Waals surface area contributed by atoms with E-state index in [9.17, 15) is 9.59 Å². The summed E-state index contributed by atoms with van der Waals surface area (Å²) in [6.07, 6.45) is -0.243. The number of carbonyl (C=O) groups excluding carboxylic acids is 2. The number of piperazine rings is 1. The van der Waals surface area contributed by atoms with Crippen LogP contribution < -0.4 is 9.64 Å². The van der Waals surface area contributed by atoms with Crippen molar-refractivity contribution in [2.24, 2.45) is 11.8 Å². The van der Waals surface area contributed by atoms with Crippen molar-refractivity contribution in [3.05, 3.63) is 24.3 Å². The second kappa shape index (κ2) is 8.61. The minimum atomic E-state index is -0.982. The van der Waals surface area contributed by atoms with Gasteiger partial charge in [-0.1, -0.05) is 13.8 Å². The van der Waals surface area contributed by atoms with Crippen molar-refractivity contribution in [3.8, 4) is 5.75 Å². The molecule has 2 aliphatic rings. The van der Waals surface area contributed by atoms with Crippen LogP contribution >= 0.6 is 0 Å². The van der Waals surface area contributed by atoms with Crippen LogP contribution in [0.3, 0.4) is 0 Å². The molecule has 2 fully saturated rings. The topological polar surface area (TPSA) is 68.3 Å². The Morgan fingerprint density at radius 2 is 1.79 bits per heavy atom. The fourth-order valence-corrected chi connectivity index (χ4v) is 4.00. The number of rotatable bonds is 6. The highest BCUT2D eigenvalue weighted by atomic mass is 16.8. The molecule has 7 heteroatoms. The molecule has 1 aromatic rings. The van der Waals surface area contributed by atoms with Crippen LogP contribution in [0.4, 0.5) is 5.69 Å². The van der Waals surface area contributed by atoms with E-state index in [2.05, 4.69) is 4.90 Å². The Morgan fingerprint density at radius 1 is 1.17 bits per heavy atom. The maximum Gasteiger partial charge on any atom is 0.338 e. The molecule has 2 heterocycles. The molecule has 160 valence electrons. The molecule has 0 N–H and O–H groups in total. The molecule has 1 amide bonds. The zero-order valence-electron chi connectivity index (χ0n) is 18.0. The van der Waals surface area contributed by atoms with Crippen molar-refractivity contribution in [2.45, 2.75) is 46.0 Å². The van der Waals surface area contributed by atoms with Gasteiger partial charge in [0.05, 0.1) is 13.0 Å². The van der Waals surface area contributed by atoms with E-state index in [1.807, 2.05) is 43.0 Å². The number of hydrogen-bond acceptors (Lipinski definition) is 6. The van der Waals surface area contributed by atoms with Crippen LogP contribution in [0.2, 0.25) is 0 Å². The van der Waals surface area contributed by atoms with Crippen molar-refractivity contribution in [1.29, 1.82) is 0 Å². The summed E-state index contributed by atoms with van der Waals surface area (Å²) in [6, 6.07) is 7.94. The lowest BCUT2D eigenvalue weighted by molar-refractivity contribution is -0.163. The van der Waals surface area contributed by atoms with E-state index in [0.717, 1.165) is 24.5 Å². The highest BCUT2D eigenvalue weighted by Gasteiger charge is 2.48. The van der Waals surface area contributed by atoms with Gasteiger partial charge < -0.3 is 24.0 Å². The Hall–Kier alpha value is -2.28. The molecular formula is C22H32N2O5. The molecule has 0 aromatic heterocycles. The molecule has 0 aliphatic carbocycles. The van der Waals surface area contributed by atoms with Crippen molar-refractivity contribution in [3.63, 3.8) is 0 Å². The van der Waals surface area contributed by atoms with Gasteiger partial charge in [0, 0.05) is 45.7 Å². The Balaban J connectivity index is 1.65. The zero-order chi connectivity index (χ0) is 21.2. The summed E-state index contributed by atoms with van der Waals surface area (Å²) in [4.78, 5) is 29.8. The number of methoxy groups -OCH3 is 1. The van der Waals surface area contributed by atoms with Crippen LogP contribution in [-0.2, 0) is 19.1 Å². The summed E-state index contributed by atoms with van der Waals surface area (Å²) in [7, 11) is 1.65. The van der Waals surface area contributed by atoms with Crippen LogP contribution in [0.25, 0.3) is 0 Å². The summed E-state index contributed by atoms with van der Waals surface area (Å²) in [5, 5.41) is 0. The number of hydrogen-bond donors (Lipinski definition) is 0. The van der Waals surface area contributed by atoms with Gasteiger partial charge in [0.1, 0.15) is 5.75 Å². The summed E-state index contributed by atoms with van der Waals surface area (Å²) in [5.74, 6) is -0.866. The maximum absolute atomic E-state index is 13.3. The van der Waals surface area contributed by atoms with Gasteiger partial charge >= 0.3 is 5.97 Å². The monoisotopic (exact) mass is 404 g/mol. The molecule has 7 nitrogen and oxygen atoms in total. The molecular weight excluding hydrogens is 372 g/mol. The van der Waals surface area contributed by atoms with Gasteiger partial charge in [-0.25, -0.2) is 4.79 Å². The number of nitrogens with zero attached hydrogens (tertiary/aromatic N) is 2. The molecule has 3 rings (SSSR count). The lowest BCUT2D eigenvalue weighted by atomic mass is 9.90. The molecule has 0 radical (unpaired) electrons. The molecule has 1 aromatic carbocycles. The summed E-state index contributed by atoms with van der Waals surface area (Å²) in [6.45, 7) is 10.2. The number of cyclic esters (lactones) is 1. The normalized spacial score (nSPS) is 22.6. The molecule has 0 spiro atoms. The highest BCUT2D eigenvalue weighted by Crippen LogP contribution is 2.32. The Morgan fingerprint density at radius 3 is 2.28 bits per heavy atom. The first-order chi connectivity index (χ1) is 13.7. The number of esters is 1. The zero-order valence-corrected chi connectivity index (χ0v) is 18.0. The van der Waals surface area contributed by atoms with Crippen LogP contribution in [-0.4, -0.2) is 62.0 Å². The van der Waals surface area contributed by atoms with Gasteiger partial charge in [0.15, 0.2) is 6.10 Å². The first-order valence-electron chi connectivity index (χ1n) is 10.3. The molecule has 29 heavy (non-hydrogen) atoms. The molecule has 2 saturated heterocycles. The van der Waals surface area contributed by atoms with Crippen LogP contribution in [0, 0.1) is 11.8 Å². The van der Waals surface area contributed by atoms with Gasteiger partial charge in [0.2, 0.25) is 11.7 Å². The first-order valence-corrected chi connectivity index (χ1v) is 10.3. The third-order valence-electron chi connectivity index (χ3n) is 5.43. The lowest BCUT2D eigenvalue weighted by Crippen LogP contribution is -2.52. The third kappa shape index (κ3) is 5.01. The number of benzene rings is 1. The number of amides is 1. The number of ether oxygens (including phenoxy) is 3. The van der Waals surface area contributed by atoms with E-state index in [1.165, 1.54) is 0 Å². The lowest BCUT2D eigenvalue weighted by Gasteiger charge is -2.38. The standard InChI is InChI=1S/C22H32N2O5/c1-15(2)14-18(19-21(26)29-22(3,4)28-19)20(25)24-12-10-23(11-13-24)16-6-8-17(27-5)9-7-16/h6-9,15,18-19H,10-14H2,1-5H3/t18-,19?/m0/s1. The predicted octanol–water partition coefficient (Wildman–Crippen LogP) is 2.68. The van der Waals surface area contributed by atoms with E-state index < -0.39 is 23.8 Å². The van der Waals surface area contributed by atoms with Gasteiger partial charge in [0.25, 0.3) is 0 Å². The molecule has 1 unspecified atom stereocenters. The third-order valence-corrected chi connectivity index (χ3v) is 5.43. The second-order valence-electron chi connectivity index (χ2n) is 8.61. The fourth-order valence-electron chi connectivity index (χ4n) is 4.00. The number of anilines is 1. The van der Waals surface area contributed by atoms with E-state index >= 15 is 0 Å². The fraction of sp³-hybridized carbons (Fsp3) is 0.636. The summed E-state index contributed by atoms with van der Waals surface area (Å²) < 4.78 is 16.3. The Kier molecular flexibility index (Phi) is 6.36. The van der Waals surface area contributed by atoms with Gasteiger partial charge in [-0.05, 0) is 36.6 Å². The summed E-state index contributed by atoms with van der Waals surface area (Å²) >= 11 is 0. The Bertz CT molecular complexity index is 723. The largest absolute Gasteiger partial charge is 0.497 e. The average Bonchev–Trinajstić information content (AvgIpc) is 2.97. The van der Waals surface area contributed by atoms with Crippen LogP contribution in [0.15, 0.2) is 24.3 Å². The quantitative estimate of drug-likeness (QED) is 0.679. The maximum atomic E-state index is 13.3. The Labute approximate surface area is 172 Å². The number of carbonyl (C=O) groups is 2. The first kappa shape index (κ1) is 21.4. The average molecular weight is 405 g/mol. The van der Waals surface area contributed by atoms with Crippen molar-refractivity contribution in [1.82, 2.24) is 4.90 Å². The van der Waals surface area contributed by atoms with Gasteiger partial charge in [-0.2, -0.15) is 0 Å². The molecule has 2 aliphatic heterocycles. The van der Waals surface area contributed by atoms with Crippen molar-refractivity contribution < 1.29 is 23.8 Å². The van der Waals surface area contributed by atoms with Crippen molar-refractivity contribution in [2.75, 3.05) is 38.2 Å². The SMILES string of the molecule is COc1ccc(N2CCN(C(=O)[C@@H](CC(C)C)C3OC(C)(C)OC3=O)CC2)cc1. The predicted molar refractivity (Wildman–Crippen MR) is 110 cm³/mol. The van der Waals surface area contributed by atoms with E-state index in [0.29, 0.717) is 19.5 Å². The van der Waals surface area contributed by atoms with E-state index in [4.69, 9.17) is 14.2 Å². The minimum absolute atomic E-state index is 0.0206. The van der Waals surface area contributed by atoms with Crippen molar-refractivity contribution >= 4 is 17.6 Å². The smallest absolute Gasteiger partial charge is 0.338 e. The second-order valence-corrected chi connectivity index (χ2v) is 8.61. The summed E-state index contributed by atoms with van der Waals surface area (Å²) in [5.41, 5.74) is 1.11. The molecule has 2 atom stereocenters. The van der Waals surface area contributed by atoms with Crippen LogP contribution in [0.5, 0.6) is 5.75 Å². The van der Waals surface area contributed by atoms with Gasteiger partial charge in [-0.15, -0.1) is 0 Å². The van der Waals surface area contributed by atoms with E-state index in [-0.39, 0.29) is 11.8 Å². The van der Waals surface area contributed by atoms with E-state index in [1.54, 1.807) is 21.0 Å². The van der Waals surface area contributed by atoms with Crippen LogP contribution in [0.1, 0.15) is 34.1 Å². The highest BCUT2D eigenvalue weighted by molar-refractivity contribution is 5.88. The minimum Gasteiger partial charge on any atom is -0.497 e. The van der Waals surface area contributed by atoms with Gasteiger partial charge in [-0.3, -0.25) is 4.79 Å².